The van der Waals surface area contributed by atoms with E-state index in [1.165, 1.54) is 0 Å². The first-order valence-corrected chi connectivity index (χ1v) is 8.15. The molecule has 1 atom stereocenters. The minimum atomic E-state index is -2.44. The van der Waals surface area contributed by atoms with Crippen molar-refractivity contribution in [2.75, 3.05) is 27.2 Å². The molecule has 1 unspecified atom stereocenters. The molecule has 0 radical (unpaired) electrons. The standard InChI is InChI=1S/C16H32F2N4O2.HI/c1-11(2)12(21-15(23)24-16(3,4)5)8-9-22(7)14(19-6)20-10-13(17)18;/h11-13H,8-10H2,1-7H3,(H,19,20)(H,21,23);1H. The van der Waals surface area contributed by atoms with Crippen LogP contribution in [0.15, 0.2) is 4.99 Å². The lowest BCUT2D eigenvalue weighted by atomic mass is 10.0. The Morgan fingerprint density at radius 2 is 1.84 bits per heavy atom. The molecule has 0 aromatic carbocycles. The molecule has 0 fully saturated rings. The number of nitrogens with one attached hydrogen (secondary N) is 2. The Balaban J connectivity index is 0. The minimum absolute atomic E-state index is 0. The van der Waals surface area contributed by atoms with Crippen LogP contribution < -0.4 is 10.6 Å². The number of hydrogen-bond donors (Lipinski definition) is 2. The molecule has 0 aromatic rings. The topological polar surface area (TPSA) is 66.0 Å². The zero-order valence-electron chi connectivity index (χ0n) is 16.2. The van der Waals surface area contributed by atoms with Gasteiger partial charge in [-0.25, -0.2) is 13.6 Å². The van der Waals surface area contributed by atoms with Gasteiger partial charge in [-0.05, 0) is 33.1 Å². The van der Waals surface area contributed by atoms with Crippen molar-refractivity contribution >= 4 is 36.0 Å². The number of halogens is 3. The van der Waals surface area contributed by atoms with Gasteiger partial charge in [-0.15, -0.1) is 24.0 Å². The van der Waals surface area contributed by atoms with Crippen LogP contribution in [0.3, 0.4) is 0 Å². The number of guanidine groups is 1. The molecule has 0 saturated heterocycles. The smallest absolute Gasteiger partial charge is 0.407 e. The zero-order chi connectivity index (χ0) is 18.9. The fraction of sp³-hybridized carbons (Fsp3) is 0.875. The van der Waals surface area contributed by atoms with Crippen molar-refractivity contribution in [1.82, 2.24) is 15.5 Å². The van der Waals surface area contributed by atoms with Crippen molar-refractivity contribution < 1.29 is 18.3 Å². The quantitative estimate of drug-likeness (QED) is 0.335. The summed E-state index contributed by atoms with van der Waals surface area (Å²) in [5, 5.41) is 5.47. The number of amides is 1. The molecule has 9 heteroatoms. The van der Waals surface area contributed by atoms with E-state index in [4.69, 9.17) is 4.74 Å². The Kier molecular flexibility index (Phi) is 13.2. The molecular formula is C16H33F2IN4O2. The van der Waals surface area contributed by atoms with Crippen LogP contribution in [0.1, 0.15) is 41.0 Å². The van der Waals surface area contributed by atoms with Gasteiger partial charge in [0.1, 0.15) is 5.60 Å². The van der Waals surface area contributed by atoms with Crippen molar-refractivity contribution in [3.05, 3.63) is 0 Å². The number of carbonyl (C=O) groups is 1. The van der Waals surface area contributed by atoms with Gasteiger partial charge in [0.25, 0.3) is 6.43 Å². The number of alkyl carbamates (subject to hydrolysis) is 1. The maximum absolute atomic E-state index is 12.3. The van der Waals surface area contributed by atoms with Crippen molar-refractivity contribution in [1.29, 1.82) is 0 Å². The maximum atomic E-state index is 12.3. The highest BCUT2D eigenvalue weighted by Crippen LogP contribution is 2.11. The van der Waals surface area contributed by atoms with Crippen LogP contribution in [-0.2, 0) is 4.74 Å². The predicted molar refractivity (Wildman–Crippen MR) is 108 cm³/mol. The number of ether oxygens (including phenoxy) is 1. The lowest BCUT2D eigenvalue weighted by Crippen LogP contribution is -2.46. The average molecular weight is 478 g/mol. The summed E-state index contributed by atoms with van der Waals surface area (Å²) in [6.45, 7) is 9.55. The van der Waals surface area contributed by atoms with Gasteiger partial charge >= 0.3 is 6.09 Å². The van der Waals surface area contributed by atoms with Crippen molar-refractivity contribution in [3.63, 3.8) is 0 Å². The van der Waals surface area contributed by atoms with Crippen LogP contribution in [0.4, 0.5) is 13.6 Å². The predicted octanol–water partition coefficient (Wildman–Crippen LogP) is 3.32. The molecule has 0 aromatic heterocycles. The average Bonchev–Trinajstić information content (AvgIpc) is 2.41. The summed E-state index contributed by atoms with van der Waals surface area (Å²) in [7, 11) is 3.31. The number of alkyl halides is 2. The van der Waals surface area contributed by atoms with E-state index < -0.39 is 24.7 Å². The van der Waals surface area contributed by atoms with Gasteiger partial charge in [0.15, 0.2) is 5.96 Å². The molecule has 25 heavy (non-hydrogen) atoms. The van der Waals surface area contributed by atoms with E-state index in [0.717, 1.165) is 0 Å². The number of nitrogens with zero attached hydrogens (tertiary/aromatic N) is 2. The first-order chi connectivity index (χ1) is 11.0. The van der Waals surface area contributed by atoms with E-state index in [0.29, 0.717) is 18.9 Å². The molecule has 0 heterocycles. The van der Waals surface area contributed by atoms with Crippen LogP contribution in [0.5, 0.6) is 0 Å². The van der Waals surface area contributed by atoms with E-state index >= 15 is 0 Å². The Morgan fingerprint density at radius 1 is 1.28 bits per heavy atom. The molecule has 0 rings (SSSR count). The van der Waals surface area contributed by atoms with E-state index in [9.17, 15) is 13.6 Å². The summed E-state index contributed by atoms with van der Waals surface area (Å²) in [4.78, 5) is 17.7. The fourth-order valence-corrected chi connectivity index (χ4v) is 2.02. The molecule has 0 saturated carbocycles. The van der Waals surface area contributed by atoms with E-state index in [-0.39, 0.29) is 35.9 Å². The Labute approximate surface area is 167 Å². The van der Waals surface area contributed by atoms with Crippen molar-refractivity contribution in [3.8, 4) is 0 Å². The van der Waals surface area contributed by atoms with Crippen LogP contribution >= 0.6 is 24.0 Å². The normalized spacial score (nSPS) is 13.3. The fourth-order valence-electron chi connectivity index (χ4n) is 2.02. The third-order valence-corrected chi connectivity index (χ3v) is 3.27. The molecule has 150 valence electrons. The van der Waals surface area contributed by atoms with Gasteiger partial charge in [0.05, 0.1) is 6.54 Å². The third-order valence-electron chi connectivity index (χ3n) is 3.27. The van der Waals surface area contributed by atoms with Gasteiger partial charge in [0.2, 0.25) is 0 Å². The SMILES string of the molecule is CN=C(NCC(F)F)N(C)CCC(NC(=O)OC(C)(C)C)C(C)C.I. The Bertz CT molecular complexity index is 415. The second kappa shape index (κ2) is 12.5. The number of carbonyl (C=O) groups excluding carboxylic acids is 1. The Morgan fingerprint density at radius 3 is 2.24 bits per heavy atom. The van der Waals surface area contributed by atoms with Gasteiger partial charge < -0.3 is 20.3 Å². The van der Waals surface area contributed by atoms with Crippen molar-refractivity contribution in [2.24, 2.45) is 10.9 Å². The molecule has 6 nitrogen and oxygen atoms in total. The molecule has 2 N–H and O–H groups in total. The summed E-state index contributed by atoms with van der Waals surface area (Å²) in [6, 6.07) is -0.0875. The molecular weight excluding hydrogens is 445 g/mol. The highest BCUT2D eigenvalue weighted by molar-refractivity contribution is 14.0. The molecule has 0 bridgehead atoms. The molecule has 0 aliphatic carbocycles. The van der Waals surface area contributed by atoms with Gasteiger partial charge in [0, 0.05) is 26.7 Å². The van der Waals surface area contributed by atoms with E-state index in [1.807, 2.05) is 34.6 Å². The number of rotatable bonds is 7. The highest BCUT2D eigenvalue weighted by Gasteiger charge is 2.22. The summed E-state index contributed by atoms with van der Waals surface area (Å²) in [6.07, 6.45) is -2.25. The first-order valence-electron chi connectivity index (χ1n) is 8.15. The lowest BCUT2D eigenvalue weighted by molar-refractivity contribution is 0.0485. The van der Waals surface area contributed by atoms with Crippen LogP contribution in [0.25, 0.3) is 0 Å². The van der Waals surface area contributed by atoms with E-state index in [2.05, 4.69) is 15.6 Å². The minimum Gasteiger partial charge on any atom is -0.444 e. The van der Waals surface area contributed by atoms with E-state index in [1.54, 1.807) is 19.0 Å². The number of aliphatic imine (C=N–C) groups is 1. The molecule has 1 amide bonds. The van der Waals surface area contributed by atoms with Crippen LogP contribution in [0.2, 0.25) is 0 Å². The largest absolute Gasteiger partial charge is 0.444 e. The summed E-state index contributed by atoms with van der Waals surface area (Å²) >= 11 is 0. The second-order valence-electron chi connectivity index (χ2n) is 7.03. The van der Waals surface area contributed by atoms with Crippen LogP contribution in [-0.4, -0.2) is 62.2 Å². The maximum Gasteiger partial charge on any atom is 0.407 e. The second-order valence-corrected chi connectivity index (χ2v) is 7.03. The summed E-state index contributed by atoms with van der Waals surface area (Å²) in [5.74, 6) is 0.608. The van der Waals surface area contributed by atoms with Crippen LogP contribution in [0, 0.1) is 5.92 Å². The number of hydrogen-bond acceptors (Lipinski definition) is 3. The lowest BCUT2D eigenvalue weighted by Gasteiger charge is -2.28. The van der Waals surface area contributed by atoms with Crippen molar-refractivity contribution in [2.45, 2.75) is 59.1 Å². The summed E-state index contributed by atoms with van der Waals surface area (Å²) in [5.41, 5.74) is -0.552. The Hall–Kier alpha value is -0.870. The monoisotopic (exact) mass is 478 g/mol. The van der Waals surface area contributed by atoms with Gasteiger partial charge in [-0.2, -0.15) is 0 Å². The highest BCUT2D eigenvalue weighted by atomic mass is 127. The zero-order valence-corrected chi connectivity index (χ0v) is 18.6. The summed E-state index contributed by atoms with van der Waals surface area (Å²) < 4.78 is 29.9. The molecule has 0 spiro atoms. The first kappa shape index (κ1) is 26.4. The molecule has 0 aliphatic heterocycles. The van der Waals surface area contributed by atoms with Gasteiger partial charge in [-0.3, -0.25) is 4.99 Å². The van der Waals surface area contributed by atoms with Gasteiger partial charge in [-0.1, -0.05) is 13.8 Å². The third kappa shape index (κ3) is 13.1. The molecule has 0 aliphatic rings.